The Morgan fingerprint density at radius 2 is 2.00 bits per heavy atom. The molecule has 0 saturated carbocycles. The highest BCUT2D eigenvalue weighted by Gasteiger charge is 2.35. The molecule has 0 fully saturated rings. The highest BCUT2D eigenvalue weighted by atomic mass is 19.4. The second kappa shape index (κ2) is 5.35. The minimum absolute atomic E-state index is 0.0638. The van der Waals surface area contributed by atoms with E-state index in [1.807, 2.05) is 0 Å². The average Bonchev–Trinajstić information content (AvgIpc) is 2.24. The molecule has 1 unspecified atom stereocenters. The third-order valence-electron chi connectivity index (χ3n) is 2.38. The number of rotatable bonds is 4. The molecule has 96 valence electrons. The summed E-state index contributed by atoms with van der Waals surface area (Å²) < 4.78 is 54.3. The van der Waals surface area contributed by atoms with E-state index in [0.717, 1.165) is 6.07 Å². The summed E-state index contributed by atoms with van der Waals surface area (Å²) in [5, 5.41) is 0. The lowest BCUT2D eigenvalue weighted by molar-refractivity contribution is -0.148. The van der Waals surface area contributed by atoms with E-state index in [1.54, 1.807) is 0 Å². The summed E-state index contributed by atoms with van der Waals surface area (Å²) in [4.78, 5) is 0. The first-order valence-corrected chi connectivity index (χ1v) is 4.99. The molecule has 0 spiro atoms. The Bertz CT molecular complexity index is 378. The third kappa shape index (κ3) is 3.89. The number of hydrogen-bond donors (Lipinski definition) is 1. The van der Waals surface area contributed by atoms with E-state index in [1.165, 1.54) is 19.2 Å². The lowest BCUT2D eigenvalue weighted by atomic mass is 10.1. The molecule has 0 heterocycles. The van der Waals surface area contributed by atoms with Crippen LogP contribution in [0.1, 0.15) is 12.0 Å². The van der Waals surface area contributed by atoms with Crippen LogP contribution in [0.15, 0.2) is 18.2 Å². The van der Waals surface area contributed by atoms with Crippen molar-refractivity contribution in [3.05, 3.63) is 29.6 Å². The zero-order chi connectivity index (χ0) is 13.1. The van der Waals surface area contributed by atoms with Gasteiger partial charge < -0.3 is 10.5 Å². The van der Waals surface area contributed by atoms with E-state index >= 15 is 0 Å². The van der Waals surface area contributed by atoms with Gasteiger partial charge in [0.25, 0.3) is 0 Å². The van der Waals surface area contributed by atoms with Gasteiger partial charge in [0.15, 0.2) is 11.6 Å². The van der Waals surface area contributed by atoms with Crippen LogP contribution in [0, 0.1) is 5.82 Å². The molecule has 17 heavy (non-hydrogen) atoms. The minimum Gasteiger partial charge on any atom is -0.494 e. The number of ether oxygens (including phenoxy) is 1. The van der Waals surface area contributed by atoms with Crippen molar-refractivity contribution >= 4 is 0 Å². The summed E-state index contributed by atoms with van der Waals surface area (Å²) in [7, 11) is 1.32. The Kier molecular flexibility index (Phi) is 4.34. The van der Waals surface area contributed by atoms with Crippen LogP contribution in [-0.4, -0.2) is 19.3 Å². The number of aryl methyl sites for hydroxylation is 1. The molecule has 1 rings (SSSR count). The molecular formula is C11H13F4NO. The number of halogens is 4. The molecule has 0 aromatic heterocycles. The predicted molar refractivity (Wildman–Crippen MR) is 55.3 cm³/mol. The Morgan fingerprint density at radius 3 is 2.47 bits per heavy atom. The molecule has 0 aliphatic heterocycles. The van der Waals surface area contributed by atoms with Crippen molar-refractivity contribution in [2.45, 2.75) is 25.1 Å². The van der Waals surface area contributed by atoms with E-state index in [-0.39, 0.29) is 18.6 Å². The molecular weight excluding hydrogens is 238 g/mol. The molecule has 1 aromatic rings. The summed E-state index contributed by atoms with van der Waals surface area (Å²) in [5.41, 5.74) is 5.41. The number of hydrogen-bond acceptors (Lipinski definition) is 2. The number of alkyl halides is 3. The maximum atomic E-state index is 13.2. The monoisotopic (exact) mass is 251 g/mol. The zero-order valence-electron chi connectivity index (χ0n) is 9.22. The van der Waals surface area contributed by atoms with Gasteiger partial charge in [-0.25, -0.2) is 4.39 Å². The normalized spacial score (nSPS) is 13.5. The Balaban J connectivity index is 2.61. The number of benzene rings is 1. The van der Waals surface area contributed by atoms with Crippen molar-refractivity contribution in [1.82, 2.24) is 0 Å². The highest BCUT2D eigenvalue weighted by molar-refractivity contribution is 5.29. The summed E-state index contributed by atoms with van der Waals surface area (Å²) in [6, 6.07) is 2.17. The predicted octanol–water partition coefficient (Wildman–Crippen LogP) is 2.66. The maximum absolute atomic E-state index is 13.2. The molecule has 0 saturated heterocycles. The topological polar surface area (TPSA) is 35.2 Å². The Morgan fingerprint density at radius 1 is 1.35 bits per heavy atom. The number of nitrogens with two attached hydrogens (primary N) is 1. The van der Waals surface area contributed by atoms with Gasteiger partial charge in [-0.1, -0.05) is 6.07 Å². The maximum Gasteiger partial charge on any atom is 0.403 e. The average molecular weight is 251 g/mol. The Labute approximate surface area is 96.4 Å². The molecule has 0 aliphatic rings. The van der Waals surface area contributed by atoms with Crippen LogP contribution in [-0.2, 0) is 6.42 Å². The molecule has 1 atom stereocenters. The SMILES string of the molecule is COc1ccc(CCC(N)C(F)(F)F)cc1F. The van der Waals surface area contributed by atoms with E-state index in [9.17, 15) is 17.6 Å². The van der Waals surface area contributed by atoms with Gasteiger partial charge in [0.2, 0.25) is 0 Å². The van der Waals surface area contributed by atoms with Crippen molar-refractivity contribution in [3.63, 3.8) is 0 Å². The van der Waals surface area contributed by atoms with Gasteiger partial charge >= 0.3 is 6.18 Å². The first kappa shape index (κ1) is 13.8. The minimum atomic E-state index is -4.41. The summed E-state index contributed by atoms with van der Waals surface area (Å²) in [6.45, 7) is 0. The fourth-order valence-electron chi connectivity index (χ4n) is 1.35. The smallest absolute Gasteiger partial charge is 0.403 e. The second-order valence-electron chi connectivity index (χ2n) is 3.66. The van der Waals surface area contributed by atoms with Crippen LogP contribution in [0.2, 0.25) is 0 Å². The molecule has 0 bridgehead atoms. The largest absolute Gasteiger partial charge is 0.494 e. The fourth-order valence-corrected chi connectivity index (χ4v) is 1.35. The fraction of sp³-hybridized carbons (Fsp3) is 0.455. The van der Waals surface area contributed by atoms with Crippen molar-refractivity contribution in [3.8, 4) is 5.75 Å². The van der Waals surface area contributed by atoms with Gasteiger partial charge in [-0.15, -0.1) is 0 Å². The van der Waals surface area contributed by atoms with Crippen LogP contribution < -0.4 is 10.5 Å². The van der Waals surface area contributed by atoms with Crippen LogP contribution >= 0.6 is 0 Å². The van der Waals surface area contributed by atoms with Crippen molar-refractivity contribution in [2.75, 3.05) is 7.11 Å². The van der Waals surface area contributed by atoms with E-state index in [2.05, 4.69) is 0 Å². The van der Waals surface area contributed by atoms with Crippen LogP contribution in [0.5, 0.6) is 5.75 Å². The van der Waals surface area contributed by atoms with Gasteiger partial charge in [-0.3, -0.25) is 0 Å². The van der Waals surface area contributed by atoms with Gasteiger partial charge in [-0.2, -0.15) is 13.2 Å². The van der Waals surface area contributed by atoms with E-state index in [0.29, 0.717) is 5.56 Å². The van der Waals surface area contributed by atoms with Gasteiger partial charge in [-0.05, 0) is 30.5 Å². The molecule has 1 aromatic carbocycles. The molecule has 2 N–H and O–H groups in total. The molecule has 0 amide bonds. The quantitative estimate of drug-likeness (QED) is 0.835. The van der Waals surface area contributed by atoms with E-state index < -0.39 is 18.0 Å². The number of methoxy groups -OCH3 is 1. The van der Waals surface area contributed by atoms with Crippen LogP contribution in [0.3, 0.4) is 0 Å². The van der Waals surface area contributed by atoms with Gasteiger partial charge in [0.1, 0.15) is 6.04 Å². The molecule has 0 radical (unpaired) electrons. The van der Waals surface area contributed by atoms with Crippen molar-refractivity contribution in [1.29, 1.82) is 0 Å². The second-order valence-corrected chi connectivity index (χ2v) is 3.66. The van der Waals surface area contributed by atoms with Gasteiger partial charge in [0.05, 0.1) is 7.11 Å². The van der Waals surface area contributed by atoms with Crippen LogP contribution in [0.4, 0.5) is 17.6 Å². The van der Waals surface area contributed by atoms with Gasteiger partial charge in [0, 0.05) is 0 Å². The molecule has 6 heteroatoms. The zero-order valence-corrected chi connectivity index (χ0v) is 9.22. The first-order valence-electron chi connectivity index (χ1n) is 4.99. The van der Waals surface area contributed by atoms with Crippen molar-refractivity contribution < 1.29 is 22.3 Å². The lowest BCUT2D eigenvalue weighted by Gasteiger charge is -2.15. The summed E-state index contributed by atoms with van der Waals surface area (Å²) >= 11 is 0. The first-order chi connectivity index (χ1) is 7.84. The van der Waals surface area contributed by atoms with Crippen molar-refractivity contribution in [2.24, 2.45) is 5.73 Å². The Hall–Kier alpha value is -1.30. The third-order valence-corrected chi connectivity index (χ3v) is 2.38. The summed E-state index contributed by atoms with van der Waals surface area (Å²) in [6.07, 6.45) is -4.61. The standard InChI is InChI=1S/C11H13F4NO/c1-17-9-4-2-7(6-8(9)12)3-5-10(16)11(13,14)15/h2,4,6,10H,3,5,16H2,1H3. The van der Waals surface area contributed by atoms with E-state index in [4.69, 9.17) is 10.5 Å². The highest BCUT2D eigenvalue weighted by Crippen LogP contribution is 2.23. The van der Waals surface area contributed by atoms with Crippen LogP contribution in [0.25, 0.3) is 0 Å². The summed E-state index contributed by atoms with van der Waals surface area (Å²) in [5.74, 6) is -0.528. The molecule has 0 aliphatic carbocycles. The molecule has 2 nitrogen and oxygen atoms in total. The lowest BCUT2D eigenvalue weighted by Crippen LogP contribution is -2.37.